The van der Waals surface area contributed by atoms with E-state index in [-0.39, 0.29) is 18.4 Å². The molecular formula is C43H46ClN3O4. The van der Waals surface area contributed by atoms with E-state index < -0.39 is 0 Å². The minimum absolute atomic E-state index is 0.0113. The average molecular weight is 704 g/mol. The van der Waals surface area contributed by atoms with Gasteiger partial charge in [-0.05, 0) is 115 Å². The Labute approximate surface area is 305 Å². The van der Waals surface area contributed by atoms with Gasteiger partial charge in [-0.25, -0.2) is 0 Å². The van der Waals surface area contributed by atoms with Crippen molar-refractivity contribution in [1.82, 2.24) is 15.2 Å². The number of nitrogens with zero attached hydrogens (tertiary/aromatic N) is 1. The first kappa shape index (κ1) is 34.7. The zero-order chi connectivity index (χ0) is 35.2. The second-order valence-electron chi connectivity index (χ2n) is 13.8. The highest BCUT2D eigenvalue weighted by molar-refractivity contribution is 6.30. The van der Waals surface area contributed by atoms with Gasteiger partial charge in [-0.1, -0.05) is 68.0 Å². The van der Waals surface area contributed by atoms with E-state index in [4.69, 9.17) is 21.1 Å². The largest absolute Gasteiger partial charge is 0.497 e. The first-order chi connectivity index (χ1) is 25.0. The Hall–Kier alpha value is -4.75. The summed E-state index contributed by atoms with van der Waals surface area (Å²) in [6, 6.07) is 28.1. The molecule has 2 aliphatic rings. The Kier molecular flexibility index (Phi) is 10.9. The van der Waals surface area contributed by atoms with E-state index >= 15 is 0 Å². The van der Waals surface area contributed by atoms with Gasteiger partial charge in [-0.15, -0.1) is 0 Å². The third-order valence-electron chi connectivity index (χ3n) is 10.4. The van der Waals surface area contributed by atoms with Gasteiger partial charge in [-0.2, -0.15) is 0 Å². The van der Waals surface area contributed by atoms with Crippen molar-refractivity contribution in [2.45, 2.75) is 76.9 Å². The third-order valence-corrected chi connectivity index (χ3v) is 10.6. The summed E-state index contributed by atoms with van der Waals surface area (Å²) < 4.78 is 14.1. The lowest BCUT2D eigenvalue weighted by atomic mass is 9.81. The van der Waals surface area contributed by atoms with Crippen LogP contribution in [-0.2, 0) is 17.9 Å². The second kappa shape index (κ2) is 16.1. The molecule has 8 heteroatoms. The number of amides is 2. The number of halogens is 1. The molecule has 1 aliphatic carbocycles. The van der Waals surface area contributed by atoms with Gasteiger partial charge in [0.05, 0.1) is 18.3 Å². The van der Waals surface area contributed by atoms with Crippen LogP contribution in [0.2, 0.25) is 5.02 Å². The summed E-state index contributed by atoms with van der Waals surface area (Å²) in [5.41, 5.74) is 8.02. The molecule has 0 radical (unpaired) electrons. The Morgan fingerprint density at radius 3 is 2.14 bits per heavy atom. The van der Waals surface area contributed by atoms with E-state index in [0.717, 1.165) is 88.9 Å². The van der Waals surface area contributed by atoms with Crippen LogP contribution in [0.5, 0.6) is 11.5 Å². The van der Waals surface area contributed by atoms with Gasteiger partial charge < -0.3 is 24.7 Å². The zero-order valence-electron chi connectivity index (χ0n) is 29.3. The van der Waals surface area contributed by atoms with E-state index in [1.54, 1.807) is 7.11 Å². The van der Waals surface area contributed by atoms with Crippen LogP contribution in [0, 0.1) is 0 Å². The van der Waals surface area contributed by atoms with Crippen LogP contribution in [0.1, 0.15) is 85.2 Å². The summed E-state index contributed by atoms with van der Waals surface area (Å²) in [4.78, 5) is 26.8. The Morgan fingerprint density at radius 2 is 1.39 bits per heavy atom. The highest BCUT2D eigenvalue weighted by Gasteiger charge is 2.28. The van der Waals surface area contributed by atoms with Crippen LogP contribution in [-0.4, -0.2) is 36.6 Å². The number of fused-ring (bicyclic) bond motifs is 1. The number of carbonyl (C=O) groups excluding carboxylic acids is 2. The summed E-state index contributed by atoms with van der Waals surface area (Å²) in [6.45, 7) is 1.84. The van der Waals surface area contributed by atoms with Gasteiger partial charge in [-0.3, -0.25) is 9.59 Å². The highest BCUT2D eigenvalue weighted by Crippen LogP contribution is 2.44. The van der Waals surface area contributed by atoms with Crippen molar-refractivity contribution in [1.29, 1.82) is 0 Å². The molecule has 0 atom stereocenters. The normalized spacial score (nSPS) is 16.3. The first-order valence-electron chi connectivity index (χ1n) is 18.4. The summed E-state index contributed by atoms with van der Waals surface area (Å²) in [6.07, 6.45) is 9.73. The molecule has 1 saturated carbocycles. The molecule has 2 heterocycles. The van der Waals surface area contributed by atoms with Crippen molar-refractivity contribution in [3.8, 4) is 33.9 Å². The van der Waals surface area contributed by atoms with E-state index in [9.17, 15) is 9.59 Å². The standard InChI is InChI=1S/C43H46ClN3O4/c1-50-36-20-22-37(29-11-16-34(44)17-12-29)33(25-36)28-51-35-18-13-31(14-19-35)42-41(30-9-5-4-6-10-30)38-21-15-32-26-39(38)47(42)27-40(48)45-23-7-2-3-8-24-46-43(32)49/h11-22,25-26,30H,2-10,23-24,27-28H2,1H3,(H,45,48)(H,46,49). The van der Waals surface area contributed by atoms with Gasteiger partial charge in [0, 0.05) is 34.6 Å². The molecule has 4 aromatic carbocycles. The molecule has 2 N–H and O–H groups in total. The minimum atomic E-state index is -0.0681. The summed E-state index contributed by atoms with van der Waals surface area (Å²) in [5, 5.41) is 8.10. The number of benzene rings is 4. The van der Waals surface area contributed by atoms with E-state index in [1.807, 2.05) is 66.7 Å². The SMILES string of the molecule is COc1ccc(-c2ccc(Cl)cc2)c(COc2ccc(-c3c(C4CCCCC4)c4ccc5cc4n3CC(=O)NCCCCCCNC5=O)cc2)c1. The lowest BCUT2D eigenvalue weighted by Crippen LogP contribution is -2.28. The average Bonchev–Trinajstić information content (AvgIpc) is 3.48. The summed E-state index contributed by atoms with van der Waals surface area (Å²) >= 11 is 6.17. The van der Waals surface area contributed by atoms with Gasteiger partial charge >= 0.3 is 0 Å². The number of hydrogen-bond donors (Lipinski definition) is 2. The van der Waals surface area contributed by atoms with Crippen LogP contribution >= 0.6 is 11.6 Å². The van der Waals surface area contributed by atoms with Crippen molar-refractivity contribution in [3.05, 3.63) is 107 Å². The van der Waals surface area contributed by atoms with Crippen molar-refractivity contribution >= 4 is 34.3 Å². The fourth-order valence-electron chi connectivity index (χ4n) is 7.73. The molecule has 5 aromatic rings. The van der Waals surface area contributed by atoms with Crippen molar-refractivity contribution in [3.63, 3.8) is 0 Å². The molecule has 1 aromatic heterocycles. The third kappa shape index (κ3) is 7.94. The molecule has 7 nitrogen and oxygen atoms in total. The number of aromatic nitrogens is 1. The van der Waals surface area contributed by atoms with Gasteiger partial charge in [0.1, 0.15) is 24.7 Å². The zero-order valence-corrected chi connectivity index (χ0v) is 30.1. The molecule has 1 fully saturated rings. The van der Waals surface area contributed by atoms with Crippen LogP contribution in [0.3, 0.4) is 0 Å². The smallest absolute Gasteiger partial charge is 0.251 e. The summed E-state index contributed by atoms with van der Waals surface area (Å²) in [5.74, 6) is 1.81. The topological polar surface area (TPSA) is 81.6 Å². The van der Waals surface area contributed by atoms with Crippen LogP contribution in [0.25, 0.3) is 33.3 Å². The number of carbonyl (C=O) groups is 2. The molecule has 2 bridgehead atoms. The number of rotatable bonds is 7. The Morgan fingerprint density at radius 1 is 0.725 bits per heavy atom. The van der Waals surface area contributed by atoms with Gasteiger partial charge in [0.2, 0.25) is 5.91 Å². The number of ether oxygens (including phenoxy) is 2. The number of nitrogens with one attached hydrogen (secondary N) is 2. The van der Waals surface area contributed by atoms with Gasteiger partial charge in [0.15, 0.2) is 0 Å². The van der Waals surface area contributed by atoms with Crippen molar-refractivity contribution in [2.75, 3.05) is 20.2 Å². The lowest BCUT2D eigenvalue weighted by Gasteiger charge is -2.24. The van der Waals surface area contributed by atoms with Crippen molar-refractivity contribution < 1.29 is 19.1 Å². The van der Waals surface area contributed by atoms with E-state index in [2.05, 4.69) is 33.4 Å². The predicted octanol–water partition coefficient (Wildman–Crippen LogP) is 9.68. The van der Waals surface area contributed by atoms with Gasteiger partial charge in [0.25, 0.3) is 5.91 Å². The molecule has 0 saturated heterocycles. The van der Waals surface area contributed by atoms with Crippen LogP contribution in [0.4, 0.5) is 0 Å². The number of hydrogen-bond acceptors (Lipinski definition) is 4. The molecule has 2 amide bonds. The van der Waals surface area contributed by atoms with Crippen molar-refractivity contribution in [2.24, 2.45) is 0 Å². The molecular weight excluding hydrogens is 658 g/mol. The molecule has 1 aliphatic heterocycles. The maximum Gasteiger partial charge on any atom is 0.251 e. The molecule has 51 heavy (non-hydrogen) atoms. The minimum Gasteiger partial charge on any atom is -0.497 e. The fraction of sp³-hybridized carbons (Fsp3) is 0.349. The van der Waals surface area contributed by atoms with E-state index in [1.165, 1.54) is 24.8 Å². The molecule has 0 spiro atoms. The Balaban J connectivity index is 1.25. The first-order valence-corrected chi connectivity index (χ1v) is 18.7. The molecule has 0 unspecified atom stereocenters. The molecule has 264 valence electrons. The quantitative estimate of drug-likeness (QED) is 0.177. The highest BCUT2D eigenvalue weighted by atomic mass is 35.5. The maximum absolute atomic E-state index is 13.5. The second-order valence-corrected chi connectivity index (χ2v) is 14.2. The van der Waals surface area contributed by atoms with E-state index in [0.29, 0.717) is 36.2 Å². The van der Waals surface area contributed by atoms with Crippen LogP contribution < -0.4 is 20.1 Å². The number of methoxy groups -OCH3 is 1. The lowest BCUT2D eigenvalue weighted by molar-refractivity contribution is -0.121. The molecule has 7 rings (SSSR count). The maximum atomic E-state index is 13.5. The fourth-order valence-corrected chi connectivity index (χ4v) is 7.86. The van der Waals surface area contributed by atoms with Crippen LogP contribution in [0.15, 0.2) is 84.9 Å². The summed E-state index contributed by atoms with van der Waals surface area (Å²) in [7, 11) is 1.67. The Bertz CT molecular complexity index is 2000. The predicted molar refractivity (Wildman–Crippen MR) is 205 cm³/mol. The monoisotopic (exact) mass is 703 g/mol.